The van der Waals surface area contributed by atoms with Gasteiger partial charge in [-0.3, -0.25) is 19.2 Å². The zero-order valence-electron chi connectivity index (χ0n) is 53.9. The number of carboxylic acids is 1. The zero-order valence-corrected chi connectivity index (χ0v) is 59.9. The number of aldehydes is 1. The van der Waals surface area contributed by atoms with Crippen molar-refractivity contribution in [2.75, 3.05) is 14.2 Å². The van der Waals surface area contributed by atoms with E-state index in [0.29, 0.717) is 36.9 Å². The van der Waals surface area contributed by atoms with E-state index >= 15 is 0 Å². The molecule has 7 aliphatic rings. The van der Waals surface area contributed by atoms with Crippen LogP contribution in [-0.4, -0.2) is 63.9 Å². The molecule has 19 heteroatoms. The number of methoxy groups -OCH3 is 2. The van der Waals surface area contributed by atoms with Gasteiger partial charge in [-0.25, -0.2) is 9.97 Å². The third kappa shape index (κ3) is 18.9. The van der Waals surface area contributed by atoms with Crippen molar-refractivity contribution in [3.8, 4) is 18.2 Å². The van der Waals surface area contributed by atoms with Gasteiger partial charge < -0.3 is 25.0 Å². The van der Waals surface area contributed by atoms with E-state index in [4.69, 9.17) is 26.9 Å². The van der Waals surface area contributed by atoms with Gasteiger partial charge in [0.25, 0.3) is 0 Å². The van der Waals surface area contributed by atoms with Crippen molar-refractivity contribution in [1.29, 1.82) is 15.8 Å². The van der Waals surface area contributed by atoms with Crippen molar-refractivity contribution >= 4 is 92.6 Å². The van der Waals surface area contributed by atoms with Crippen LogP contribution in [0.4, 0.5) is 0 Å². The van der Waals surface area contributed by atoms with E-state index in [1.807, 2.05) is 109 Å². The first kappa shape index (κ1) is 75.3. The number of alkyl halides is 1. The second-order valence-corrected chi connectivity index (χ2v) is 26.3. The largest absolute Gasteiger partial charge is 1.00 e. The van der Waals surface area contributed by atoms with Crippen LogP contribution in [-0.2, 0) is 67.2 Å². The van der Waals surface area contributed by atoms with Crippen LogP contribution in [0.25, 0.3) is 16.7 Å². The number of esters is 2. The van der Waals surface area contributed by atoms with Gasteiger partial charge >= 0.3 is 47.5 Å². The molecule has 3 aromatic heterocycles. The number of ether oxygens (including phenoxy) is 2. The summed E-state index contributed by atoms with van der Waals surface area (Å²) in [6.45, 7) is 0. The Morgan fingerprint density at radius 1 is 0.562 bits per heavy atom. The first-order valence-electron chi connectivity index (χ1n) is 31.4. The second kappa shape index (κ2) is 38.0. The van der Waals surface area contributed by atoms with Crippen molar-refractivity contribution in [1.82, 2.24) is 15.0 Å². The van der Waals surface area contributed by atoms with E-state index < -0.39 is 16.5 Å². The van der Waals surface area contributed by atoms with Crippen LogP contribution >= 0.6 is 51.7 Å². The molecule has 0 fully saturated rings. The quantitative estimate of drug-likeness (QED) is 0.0257. The Labute approximate surface area is 605 Å². The maximum Gasteiger partial charge on any atom is 1.00 e. The summed E-state index contributed by atoms with van der Waals surface area (Å²) >= 11 is 11.1. The molecule has 3 heterocycles. The smallest absolute Gasteiger partial charge is 0.870 e. The van der Waals surface area contributed by atoms with Crippen LogP contribution < -0.4 is 29.6 Å². The Balaban J connectivity index is 0.000000180. The number of thioether (sulfide) groups is 2. The van der Waals surface area contributed by atoms with Crippen LogP contribution in [0.3, 0.4) is 0 Å². The van der Waals surface area contributed by atoms with Gasteiger partial charge in [-0.15, -0.1) is 0 Å². The molecule has 7 aliphatic carbocycles. The number of halogens is 1. The molecular formula is C77H72BrN6NaO8S3. The number of nitrogens with zero attached hydrogens (tertiary/aromatic N) is 5. The first-order chi connectivity index (χ1) is 45.9. The molecule has 3 unspecified atom stereocenters. The number of rotatable bonds is 14. The molecule has 13 rings (SSSR count). The maximum absolute atomic E-state index is 12.6. The summed E-state index contributed by atoms with van der Waals surface area (Å²) in [4.78, 5) is 58.1. The van der Waals surface area contributed by atoms with Gasteiger partial charge in [-0.05, 0) is 158 Å². The number of pyridine rings is 3. The SMILES string of the molecule is COC(=O)C(Br)c1ccccc1.COC(=O)C(Sc1nc2c(c(C3=CC=CC3)c1C#N)CCCC2)c1ccccc1.N#Cc1c(C2=CC=CC2)c2c([nH]c1=S)CCCC2.N#Cc1c(SC(C(=O)O)c2ccccc2)nc2c(c1C1=CC=CC1)CCCC2.O=CC1=CC=CC1.[Na+].[OH-]. The number of allylic oxidation sites excluding steroid dienone is 16. The van der Waals surface area contributed by atoms with Crippen LogP contribution in [0.1, 0.15) is 163 Å². The molecule has 0 radical (unpaired) electrons. The minimum Gasteiger partial charge on any atom is -0.870 e. The average molecular weight is 1410 g/mol. The predicted octanol–water partition coefficient (Wildman–Crippen LogP) is 14.3. The summed E-state index contributed by atoms with van der Waals surface area (Å²) in [5, 5.41) is 39.0. The number of carbonyl (C=O) groups excluding carboxylic acids is 3. The van der Waals surface area contributed by atoms with Crippen LogP contribution in [0, 0.1) is 38.6 Å². The Hall–Kier alpha value is -8.06. The molecule has 3 N–H and O–H groups in total. The molecule has 0 amide bonds. The number of benzene rings is 3. The summed E-state index contributed by atoms with van der Waals surface area (Å²) in [5.41, 5.74) is 18.8. The van der Waals surface area contributed by atoms with E-state index in [9.17, 15) is 40.1 Å². The molecule has 3 atom stereocenters. The Bertz CT molecular complexity index is 4270. The number of H-pyrrole nitrogens is 1. The zero-order chi connectivity index (χ0) is 66.3. The number of hydrogen-bond donors (Lipinski definition) is 2. The molecule has 14 nitrogen and oxygen atoms in total. The molecule has 96 heavy (non-hydrogen) atoms. The van der Waals surface area contributed by atoms with E-state index in [1.54, 1.807) is 12.1 Å². The molecule has 0 aliphatic heterocycles. The number of fused-ring (bicyclic) bond motifs is 3. The molecule has 484 valence electrons. The van der Waals surface area contributed by atoms with E-state index in [0.717, 1.165) is 147 Å². The summed E-state index contributed by atoms with van der Waals surface area (Å²) in [5.74, 6) is -1.54. The Kier molecular flexibility index (Phi) is 29.8. The normalized spacial score (nSPS) is 15.5. The van der Waals surface area contributed by atoms with Crippen LogP contribution in [0.15, 0.2) is 180 Å². The third-order valence-electron chi connectivity index (χ3n) is 16.8. The van der Waals surface area contributed by atoms with Gasteiger partial charge in [0.15, 0.2) is 0 Å². The summed E-state index contributed by atoms with van der Waals surface area (Å²) in [6.07, 6.45) is 41.2. The number of carboxylic acid groups (broad SMARTS) is 1. The van der Waals surface area contributed by atoms with Gasteiger partial charge in [0.1, 0.15) is 54.5 Å². The fraction of sp³-hybridized carbons (Fsp3) is 0.273. The predicted molar refractivity (Wildman–Crippen MR) is 379 cm³/mol. The fourth-order valence-electron chi connectivity index (χ4n) is 12.2. The number of nitriles is 3. The molecule has 0 bridgehead atoms. The number of hydrogen-bond acceptors (Lipinski definition) is 15. The molecule has 0 saturated heterocycles. The molecular weight excluding hydrogens is 1340 g/mol. The number of aliphatic carboxylic acids is 1. The van der Waals surface area contributed by atoms with Gasteiger partial charge in [-0.2, -0.15) is 15.8 Å². The van der Waals surface area contributed by atoms with Crippen molar-refractivity contribution < 1.29 is 68.8 Å². The average Bonchev–Trinajstić information content (AvgIpc) is 1.27. The number of carbonyl (C=O) groups is 4. The summed E-state index contributed by atoms with van der Waals surface area (Å²) in [6, 6.07) is 35.1. The van der Waals surface area contributed by atoms with E-state index in [-0.39, 0.29) is 51.8 Å². The number of aromatic nitrogens is 3. The van der Waals surface area contributed by atoms with Gasteiger partial charge in [0, 0.05) is 33.8 Å². The summed E-state index contributed by atoms with van der Waals surface area (Å²) in [7, 11) is 2.77. The number of aromatic amines is 1. The van der Waals surface area contributed by atoms with Gasteiger partial charge in [0.2, 0.25) is 0 Å². The Morgan fingerprint density at radius 2 is 0.958 bits per heavy atom. The minimum absolute atomic E-state index is 0. The second-order valence-electron chi connectivity index (χ2n) is 22.7. The van der Waals surface area contributed by atoms with Gasteiger partial charge in [-0.1, -0.05) is 216 Å². The molecule has 0 spiro atoms. The van der Waals surface area contributed by atoms with Crippen LogP contribution in [0.5, 0.6) is 0 Å². The third-order valence-corrected chi connectivity index (χ3v) is 20.4. The first-order valence-corrected chi connectivity index (χ1v) is 34.5. The van der Waals surface area contributed by atoms with Crippen molar-refractivity contribution in [2.24, 2.45) is 0 Å². The molecule has 3 aromatic carbocycles. The summed E-state index contributed by atoms with van der Waals surface area (Å²) < 4.78 is 10.2. The number of aryl methyl sites for hydroxylation is 3. The van der Waals surface area contributed by atoms with Crippen LogP contribution in [0.2, 0.25) is 0 Å². The molecule has 6 aromatic rings. The topological polar surface area (TPSA) is 250 Å². The monoisotopic (exact) mass is 1410 g/mol. The molecule has 0 saturated carbocycles. The standard InChI is InChI=1S/C24H22N2O2S.C23H20N2O2S.C15H14N2S.C9H9BrO2.C6H6O.Na.H2O/c1-28-24(27)22(17-11-3-2-4-12-17)29-23-19(15-25)21(16-9-5-6-10-16)18-13-7-8-14-20(18)26-23;24-14-18-20(15-8-4-5-9-15)17-12-6-7-13-19(17)25-22(18)28-21(23(26)27)16-10-2-1-3-11-16;16-9-12-14(10-5-1-2-6-10)11-7-3-4-8-13(11)17-15(12)18;1-12-9(11)8(10)7-5-3-2-4-6-7;7-5-6-3-1-2-4-6;;/h2-6,9,11-12,22H,7-8,10,13-14H2,1H3;1-5,8,10-11,21H,6-7,9,12-13H2,(H,26,27);1-2,5H,3-4,6-8H2,(H,17,18);2-6,8H,1H3;1-3,5H,4H2;;1H2/q;;;;;+1;/p-1. The van der Waals surface area contributed by atoms with Crippen molar-refractivity contribution in [3.05, 3.63) is 258 Å². The minimum atomic E-state index is -0.928. The van der Waals surface area contributed by atoms with E-state index in [2.05, 4.69) is 86.4 Å². The van der Waals surface area contributed by atoms with Crippen molar-refractivity contribution in [2.45, 2.75) is 128 Å². The van der Waals surface area contributed by atoms with Gasteiger partial charge in [0.05, 0.1) is 30.9 Å². The maximum atomic E-state index is 12.6. The Morgan fingerprint density at radius 3 is 1.35 bits per heavy atom. The fourth-order valence-corrected chi connectivity index (χ4v) is 15.1. The van der Waals surface area contributed by atoms with Crippen molar-refractivity contribution in [3.63, 3.8) is 0 Å². The van der Waals surface area contributed by atoms with E-state index in [1.165, 1.54) is 84.1 Å². The number of nitrogens with one attached hydrogen (secondary N) is 1.